The highest BCUT2D eigenvalue weighted by molar-refractivity contribution is 7.90. The fourth-order valence-electron chi connectivity index (χ4n) is 2.89. The Kier molecular flexibility index (Phi) is 11.3. The van der Waals surface area contributed by atoms with Gasteiger partial charge >= 0.3 is 31.2 Å². The average Bonchev–Trinajstić information content (AvgIpc) is 2.74. The monoisotopic (exact) mass is 667 g/mol. The average molecular weight is 668 g/mol. The first-order valence-corrected chi connectivity index (χ1v) is 21.3. The Balaban J connectivity index is 3.55. The highest BCUT2D eigenvalue weighted by atomic mass is 32.2. The molecule has 0 aliphatic rings. The third kappa shape index (κ3) is 9.58. The van der Waals surface area contributed by atoms with Crippen LogP contribution in [0.5, 0.6) is 5.75 Å². The minimum atomic E-state index is -6.23. The lowest BCUT2D eigenvalue weighted by molar-refractivity contribution is -0.0500. The summed E-state index contributed by atoms with van der Waals surface area (Å²) in [5.41, 5.74) is -12.0. The summed E-state index contributed by atoms with van der Waals surface area (Å²) in [5.74, 6) is 3.89. The summed E-state index contributed by atoms with van der Waals surface area (Å²) in [6.07, 6.45) is 0. The van der Waals surface area contributed by atoms with E-state index in [0.29, 0.717) is 0 Å². The first kappa shape index (κ1) is 37.2. The molecule has 0 aromatic heterocycles. The van der Waals surface area contributed by atoms with Crippen molar-refractivity contribution in [3.8, 4) is 17.6 Å². The summed E-state index contributed by atoms with van der Waals surface area (Å²) in [6.45, 7) is 16.2. The number of hydrogen-bond acceptors (Lipinski definition) is 6. The molecule has 0 unspecified atom stereocenters. The minimum absolute atomic E-state index is 0.0226. The van der Waals surface area contributed by atoms with Gasteiger partial charge in [0.15, 0.2) is 8.32 Å². The van der Waals surface area contributed by atoms with Gasteiger partial charge in [0.05, 0.1) is 21.2 Å². The Morgan fingerprint density at radius 3 is 1.93 bits per heavy atom. The molecule has 0 saturated heterocycles. The SMILES string of the molecule is C=C(C#CCN(Cc1cccc([Si](C)(C)C)c1OS(=O)(=O)C(F)(F)F)S(=O)(=O)C(F)(F)F)CO[Si](C)(C)C(C)(C)C. The Labute approximate surface area is 240 Å². The second kappa shape index (κ2) is 12.4. The lowest BCUT2D eigenvalue weighted by atomic mass is 10.2. The van der Waals surface area contributed by atoms with Crippen LogP contribution in [0, 0.1) is 11.8 Å². The Hall–Kier alpha value is -1.85. The number of hydrogen-bond donors (Lipinski definition) is 0. The van der Waals surface area contributed by atoms with Crippen LogP contribution in [-0.4, -0.2) is 61.7 Å². The maximum absolute atomic E-state index is 13.6. The second-order valence-electron chi connectivity index (χ2n) is 11.7. The van der Waals surface area contributed by atoms with E-state index in [1.54, 1.807) is 19.6 Å². The van der Waals surface area contributed by atoms with E-state index in [2.05, 4.69) is 22.6 Å². The molecule has 0 fully saturated rings. The van der Waals surface area contributed by atoms with Crippen LogP contribution in [0.25, 0.3) is 0 Å². The highest BCUT2D eigenvalue weighted by Crippen LogP contribution is 2.37. The number of halogens is 6. The van der Waals surface area contributed by atoms with Gasteiger partial charge in [-0.1, -0.05) is 77.0 Å². The van der Waals surface area contributed by atoms with Crippen molar-refractivity contribution in [1.29, 1.82) is 0 Å². The highest BCUT2D eigenvalue weighted by Gasteiger charge is 2.51. The lowest BCUT2D eigenvalue weighted by Crippen LogP contribution is -2.43. The number of para-hydroxylation sites is 1. The van der Waals surface area contributed by atoms with Crippen molar-refractivity contribution in [2.24, 2.45) is 0 Å². The van der Waals surface area contributed by atoms with Crippen molar-refractivity contribution in [3.63, 3.8) is 0 Å². The summed E-state index contributed by atoms with van der Waals surface area (Å²) in [5, 5.41) is -0.128. The summed E-state index contributed by atoms with van der Waals surface area (Å²) in [6, 6.07) is 3.54. The number of alkyl halides is 6. The van der Waals surface area contributed by atoms with Crippen molar-refractivity contribution >= 4 is 41.7 Å². The minimum Gasteiger partial charge on any atom is -0.412 e. The van der Waals surface area contributed by atoms with E-state index in [4.69, 9.17) is 4.43 Å². The predicted octanol–water partition coefficient (Wildman–Crippen LogP) is 5.69. The van der Waals surface area contributed by atoms with Crippen LogP contribution in [-0.2, 0) is 31.1 Å². The Morgan fingerprint density at radius 2 is 1.49 bits per heavy atom. The van der Waals surface area contributed by atoms with Crippen LogP contribution in [0.1, 0.15) is 26.3 Å². The van der Waals surface area contributed by atoms with Crippen molar-refractivity contribution < 1.29 is 51.8 Å². The molecule has 7 nitrogen and oxygen atoms in total. The summed E-state index contributed by atoms with van der Waals surface area (Å²) in [4.78, 5) is 0. The first-order chi connectivity index (χ1) is 18.0. The number of sulfonamides is 1. The van der Waals surface area contributed by atoms with Gasteiger partial charge in [0.25, 0.3) is 0 Å². The molecule has 0 bridgehead atoms. The topological polar surface area (TPSA) is 90.0 Å². The zero-order chi connectivity index (χ0) is 32.5. The van der Waals surface area contributed by atoms with Crippen molar-refractivity contribution in [1.82, 2.24) is 4.31 Å². The molecule has 1 aromatic carbocycles. The van der Waals surface area contributed by atoms with Gasteiger partial charge in [-0.25, -0.2) is 8.42 Å². The smallest absolute Gasteiger partial charge is 0.412 e. The lowest BCUT2D eigenvalue weighted by Gasteiger charge is -2.36. The number of nitrogens with zero attached hydrogens (tertiary/aromatic N) is 1. The van der Waals surface area contributed by atoms with Gasteiger partial charge < -0.3 is 8.61 Å². The van der Waals surface area contributed by atoms with Crippen molar-refractivity contribution in [3.05, 3.63) is 35.9 Å². The number of rotatable bonds is 10. The summed E-state index contributed by atoms with van der Waals surface area (Å²) < 4.78 is 139. The first-order valence-electron chi connectivity index (χ1n) is 12.0. The molecular formula is C24H35F6NO6S2Si2. The zero-order valence-electron chi connectivity index (χ0n) is 24.0. The second-order valence-corrected chi connectivity index (χ2v) is 25.0. The van der Waals surface area contributed by atoms with Crippen LogP contribution in [0.15, 0.2) is 30.4 Å². The third-order valence-corrected chi connectivity index (χ3v) is 15.3. The molecule has 0 heterocycles. The van der Waals surface area contributed by atoms with Crippen LogP contribution in [0.2, 0.25) is 37.8 Å². The van der Waals surface area contributed by atoms with Crippen molar-refractivity contribution in [2.45, 2.75) is 76.1 Å². The molecule has 0 N–H and O–H groups in total. The Bertz CT molecular complexity index is 1400. The maximum Gasteiger partial charge on any atom is 0.534 e. The van der Waals surface area contributed by atoms with Crippen LogP contribution < -0.4 is 9.37 Å². The van der Waals surface area contributed by atoms with Gasteiger partial charge in [-0.15, -0.1) is 0 Å². The summed E-state index contributed by atoms with van der Waals surface area (Å²) in [7, 11) is -17.2. The largest absolute Gasteiger partial charge is 0.534 e. The van der Waals surface area contributed by atoms with Crippen LogP contribution in [0.4, 0.5) is 26.3 Å². The quantitative estimate of drug-likeness (QED) is 0.105. The fourth-order valence-corrected chi connectivity index (χ4v) is 6.77. The van der Waals surface area contributed by atoms with Gasteiger partial charge in [-0.05, 0) is 23.3 Å². The number of benzene rings is 1. The van der Waals surface area contributed by atoms with E-state index in [1.165, 1.54) is 12.1 Å². The molecule has 0 atom stereocenters. The maximum atomic E-state index is 13.6. The molecule has 41 heavy (non-hydrogen) atoms. The van der Waals surface area contributed by atoms with E-state index in [9.17, 15) is 43.2 Å². The van der Waals surface area contributed by atoms with Gasteiger partial charge in [0, 0.05) is 17.7 Å². The van der Waals surface area contributed by atoms with Gasteiger partial charge in [-0.2, -0.15) is 39.1 Å². The molecule has 1 rings (SSSR count). The molecule has 0 spiro atoms. The summed E-state index contributed by atoms with van der Waals surface area (Å²) >= 11 is 0. The molecular weight excluding hydrogens is 633 g/mol. The van der Waals surface area contributed by atoms with E-state index < -0.39 is 72.0 Å². The molecule has 0 amide bonds. The molecule has 17 heteroatoms. The van der Waals surface area contributed by atoms with Gasteiger partial charge in [-0.3, -0.25) is 0 Å². The molecule has 0 radical (unpaired) electrons. The molecule has 0 aliphatic carbocycles. The standard InChI is InChI=1S/C24H35F6NO6S2Si2/c1-18(17-36-41(8,9)22(2,3)4)12-11-15-31(38(32,33)23(25,26)27)16-19-13-10-14-20(40(5,6)7)21(19)37-39(34,35)24(28,29)30/h10,13-14H,1,15-17H2,2-9H3. The molecule has 234 valence electrons. The van der Waals surface area contributed by atoms with E-state index >= 15 is 0 Å². The van der Waals surface area contributed by atoms with E-state index in [0.717, 1.165) is 6.07 Å². The van der Waals surface area contributed by atoms with E-state index in [1.807, 2.05) is 33.9 Å². The van der Waals surface area contributed by atoms with Crippen molar-refractivity contribution in [2.75, 3.05) is 13.2 Å². The van der Waals surface area contributed by atoms with Gasteiger partial charge in [0.1, 0.15) is 5.75 Å². The third-order valence-electron chi connectivity index (χ3n) is 6.29. The molecule has 1 aromatic rings. The normalized spacial score (nSPS) is 14.0. The van der Waals surface area contributed by atoms with Crippen LogP contribution >= 0.6 is 0 Å². The Morgan fingerprint density at radius 1 is 0.951 bits per heavy atom. The van der Waals surface area contributed by atoms with E-state index in [-0.39, 0.29) is 26.7 Å². The predicted molar refractivity (Wildman–Crippen MR) is 150 cm³/mol. The molecule has 0 saturated carbocycles. The van der Waals surface area contributed by atoms with Gasteiger partial charge in [0.2, 0.25) is 0 Å². The van der Waals surface area contributed by atoms with Crippen LogP contribution in [0.3, 0.4) is 0 Å². The fraction of sp³-hybridized carbons (Fsp3) is 0.583. The zero-order valence-corrected chi connectivity index (χ0v) is 27.7. The molecule has 0 aliphatic heterocycles.